The van der Waals surface area contributed by atoms with E-state index < -0.39 is 0 Å². The maximum absolute atomic E-state index is 5.36. The number of rotatable bonds is 8. The topological polar surface area (TPSA) is 51.6 Å². The molecule has 0 N–H and O–H groups in total. The lowest BCUT2D eigenvalue weighted by Gasteiger charge is -2.16. The third kappa shape index (κ3) is 7.10. The van der Waals surface area contributed by atoms with Crippen LogP contribution >= 0.6 is 0 Å². The molecule has 0 saturated heterocycles. The van der Waals surface area contributed by atoms with Gasteiger partial charge < -0.3 is 0 Å². The molecule has 0 spiro atoms. The maximum Gasteiger partial charge on any atom is 0.164 e. The number of aromatic nitrogens is 4. The first-order valence-corrected chi connectivity index (χ1v) is 20.9. The molecule has 0 bridgehead atoms. The van der Waals surface area contributed by atoms with Gasteiger partial charge in [-0.3, -0.25) is 0 Å². The van der Waals surface area contributed by atoms with Gasteiger partial charge in [-0.15, -0.1) is 0 Å². The summed E-state index contributed by atoms with van der Waals surface area (Å²) in [6.07, 6.45) is 0. The van der Waals surface area contributed by atoms with Gasteiger partial charge in [-0.25, -0.2) is 19.9 Å². The predicted octanol–water partition coefficient (Wildman–Crippen LogP) is 14.9. The van der Waals surface area contributed by atoms with Gasteiger partial charge in [0.05, 0.1) is 11.2 Å². The Bertz CT molecular complexity index is 3280. The fourth-order valence-electron chi connectivity index (χ4n) is 8.47. The first-order chi connectivity index (χ1) is 30.7. The lowest BCUT2D eigenvalue weighted by Crippen LogP contribution is -2.00. The van der Waals surface area contributed by atoms with Crippen molar-refractivity contribution in [3.05, 3.63) is 231 Å². The van der Waals surface area contributed by atoms with E-state index in [0.717, 1.165) is 94.1 Å². The summed E-state index contributed by atoms with van der Waals surface area (Å²) >= 11 is 0. The second-order valence-corrected chi connectivity index (χ2v) is 15.4. The largest absolute Gasteiger partial charge is 0.248 e. The van der Waals surface area contributed by atoms with Crippen LogP contribution in [0.3, 0.4) is 0 Å². The summed E-state index contributed by atoms with van der Waals surface area (Å²) in [5.74, 6) is 1.82. The van der Waals surface area contributed by atoms with E-state index in [1.807, 2.05) is 18.2 Å². The molecule has 0 aliphatic rings. The SMILES string of the molecule is c1ccc(-c2cccc(-c3nc(-c4cccc(-c5ccccc5)c4)nc(-c4cccc(-c5cc6nc(-c7ccccc7)cc(-c7ccccc7)c6c6ccccc56)c4)n3)c2)cc1. The Morgan fingerprint density at radius 2 is 0.613 bits per heavy atom. The van der Waals surface area contributed by atoms with E-state index in [2.05, 4.69) is 212 Å². The lowest BCUT2D eigenvalue weighted by atomic mass is 9.90. The molecule has 0 saturated carbocycles. The highest BCUT2D eigenvalue weighted by Crippen LogP contribution is 2.41. The molecule has 290 valence electrons. The van der Waals surface area contributed by atoms with Crippen molar-refractivity contribution < 1.29 is 0 Å². The van der Waals surface area contributed by atoms with Gasteiger partial charge >= 0.3 is 0 Å². The summed E-state index contributed by atoms with van der Waals surface area (Å²) in [5, 5.41) is 3.43. The normalized spacial score (nSPS) is 11.2. The van der Waals surface area contributed by atoms with Crippen molar-refractivity contribution in [1.29, 1.82) is 0 Å². The molecular formula is C58H38N4. The van der Waals surface area contributed by atoms with Crippen LogP contribution in [-0.4, -0.2) is 19.9 Å². The molecule has 0 unspecified atom stereocenters. The van der Waals surface area contributed by atoms with Gasteiger partial charge in [-0.1, -0.05) is 200 Å². The van der Waals surface area contributed by atoms with Crippen molar-refractivity contribution in [2.75, 3.05) is 0 Å². The molecule has 11 rings (SSSR count). The van der Waals surface area contributed by atoms with Crippen LogP contribution in [0.5, 0.6) is 0 Å². The molecule has 2 heterocycles. The van der Waals surface area contributed by atoms with Crippen LogP contribution in [0.2, 0.25) is 0 Å². The lowest BCUT2D eigenvalue weighted by molar-refractivity contribution is 1.07. The van der Waals surface area contributed by atoms with Crippen molar-refractivity contribution in [2.24, 2.45) is 0 Å². The second-order valence-electron chi connectivity index (χ2n) is 15.4. The fourth-order valence-corrected chi connectivity index (χ4v) is 8.47. The number of fused-ring (bicyclic) bond motifs is 3. The van der Waals surface area contributed by atoms with Gasteiger partial charge in [-0.2, -0.15) is 0 Å². The first kappa shape index (κ1) is 36.7. The third-order valence-electron chi connectivity index (χ3n) is 11.5. The molecular weight excluding hydrogens is 753 g/mol. The van der Waals surface area contributed by atoms with Crippen LogP contribution in [0.4, 0.5) is 0 Å². The molecule has 0 aliphatic heterocycles. The Hall–Kier alpha value is -8.34. The fraction of sp³-hybridized carbons (Fsp3) is 0. The van der Waals surface area contributed by atoms with Gasteiger partial charge in [-0.05, 0) is 85.6 Å². The Kier molecular flexibility index (Phi) is 9.49. The van der Waals surface area contributed by atoms with E-state index in [-0.39, 0.29) is 0 Å². The summed E-state index contributed by atoms with van der Waals surface area (Å²) < 4.78 is 0. The van der Waals surface area contributed by atoms with Crippen molar-refractivity contribution >= 4 is 21.7 Å². The molecule has 11 aromatic rings. The minimum atomic E-state index is 0.600. The molecule has 0 fully saturated rings. The van der Waals surface area contributed by atoms with E-state index in [9.17, 15) is 0 Å². The molecule has 0 radical (unpaired) electrons. The standard InChI is InChI=1S/C58H38N4/c1-5-18-39(19-6-1)43-26-15-29-46(34-43)56-60-57(47-30-16-27-44(35-47)40-20-7-2-8-21-40)62-58(61-56)48-31-17-28-45(36-48)51-37-54-55(50-33-14-13-32-49(50)51)52(41-22-9-3-10-23-41)38-53(59-54)42-24-11-4-12-25-42/h1-38H. The zero-order valence-corrected chi connectivity index (χ0v) is 33.7. The predicted molar refractivity (Wildman–Crippen MR) is 256 cm³/mol. The Morgan fingerprint density at radius 3 is 1.13 bits per heavy atom. The third-order valence-corrected chi connectivity index (χ3v) is 11.5. The monoisotopic (exact) mass is 790 g/mol. The molecule has 0 aliphatic carbocycles. The molecule has 0 amide bonds. The van der Waals surface area contributed by atoms with Crippen molar-refractivity contribution in [3.8, 4) is 89.9 Å². The van der Waals surface area contributed by atoms with Gasteiger partial charge in [0.15, 0.2) is 17.5 Å². The van der Waals surface area contributed by atoms with Gasteiger partial charge in [0.2, 0.25) is 0 Å². The molecule has 62 heavy (non-hydrogen) atoms. The van der Waals surface area contributed by atoms with Crippen LogP contribution < -0.4 is 0 Å². The summed E-state index contributed by atoms with van der Waals surface area (Å²) in [4.78, 5) is 21.0. The van der Waals surface area contributed by atoms with E-state index in [0.29, 0.717) is 17.5 Å². The van der Waals surface area contributed by atoms with E-state index in [1.165, 1.54) is 0 Å². The van der Waals surface area contributed by atoms with Crippen LogP contribution in [0, 0.1) is 0 Å². The molecule has 9 aromatic carbocycles. The highest BCUT2D eigenvalue weighted by Gasteiger charge is 2.18. The maximum atomic E-state index is 5.36. The number of benzene rings is 9. The molecule has 2 aromatic heterocycles. The van der Waals surface area contributed by atoms with E-state index in [1.54, 1.807) is 0 Å². The van der Waals surface area contributed by atoms with Gasteiger partial charge in [0.1, 0.15) is 0 Å². The van der Waals surface area contributed by atoms with E-state index >= 15 is 0 Å². The molecule has 4 heteroatoms. The average Bonchev–Trinajstić information content (AvgIpc) is 3.37. The van der Waals surface area contributed by atoms with Crippen LogP contribution in [0.15, 0.2) is 231 Å². The molecule has 0 atom stereocenters. The number of nitrogens with zero attached hydrogens (tertiary/aromatic N) is 4. The van der Waals surface area contributed by atoms with E-state index in [4.69, 9.17) is 19.9 Å². The number of pyridine rings is 1. The number of hydrogen-bond acceptors (Lipinski definition) is 4. The minimum absolute atomic E-state index is 0.600. The van der Waals surface area contributed by atoms with Crippen molar-refractivity contribution in [2.45, 2.75) is 0 Å². The Labute approximate surface area is 360 Å². The zero-order valence-electron chi connectivity index (χ0n) is 33.7. The highest BCUT2D eigenvalue weighted by molar-refractivity contribution is 6.18. The zero-order chi connectivity index (χ0) is 41.2. The smallest absolute Gasteiger partial charge is 0.164 e. The van der Waals surface area contributed by atoms with Crippen molar-refractivity contribution in [1.82, 2.24) is 19.9 Å². The summed E-state index contributed by atoms with van der Waals surface area (Å²) in [6, 6.07) is 80.5. The Balaban J connectivity index is 1.09. The Morgan fingerprint density at radius 1 is 0.226 bits per heavy atom. The highest BCUT2D eigenvalue weighted by atomic mass is 15.0. The van der Waals surface area contributed by atoms with Crippen LogP contribution in [0.1, 0.15) is 0 Å². The van der Waals surface area contributed by atoms with Gasteiger partial charge in [0.25, 0.3) is 0 Å². The quantitative estimate of drug-likeness (QED) is 0.144. The first-order valence-electron chi connectivity index (χ1n) is 20.9. The van der Waals surface area contributed by atoms with Gasteiger partial charge in [0, 0.05) is 27.6 Å². The minimum Gasteiger partial charge on any atom is -0.248 e. The summed E-state index contributed by atoms with van der Waals surface area (Å²) in [5.41, 5.74) is 14.6. The number of hydrogen-bond donors (Lipinski definition) is 0. The summed E-state index contributed by atoms with van der Waals surface area (Å²) in [6.45, 7) is 0. The summed E-state index contributed by atoms with van der Waals surface area (Å²) in [7, 11) is 0. The van der Waals surface area contributed by atoms with Crippen LogP contribution in [-0.2, 0) is 0 Å². The van der Waals surface area contributed by atoms with Crippen molar-refractivity contribution in [3.63, 3.8) is 0 Å². The second kappa shape index (κ2) is 16.0. The molecule has 4 nitrogen and oxygen atoms in total. The average molecular weight is 791 g/mol. The van der Waals surface area contributed by atoms with Crippen LogP contribution in [0.25, 0.3) is 112 Å².